The minimum absolute atomic E-state index is 0.00932. The van der Waals surface area contributed by atoms with Gasteiger partial charge in [-0.3, -0.25) is 5.32 Å². The van der Waals surface area contributed by atoms with E-state index in [-0.39, 0.29) is 29.5 Å². The van der Waals surface area contributed by atoms with Gasteiger partial charge in [-0.1, -0.05) is 50.3 Å². The van der Waals surface area contributed by atoms with Crippen molar-refractivity contribution in [1.82, 2.24) is 0 Å². The Labute approximate surface area is 219 Å². The molecule has 0 bridgehead atoms. The van der Waals surface area contributed by atoms with E-state index in [1.807, 2.05) is 38.1 Å². The smallest absolute Gasteiger partial charge is 0.412 e. The van der Waals surface area contributed by atoms with Gasteiger partial charge in [0, 0.05) is 11.1 Å². The van der Waals surface area contributed by atoms with Crippen LogP contribution in [0.2, 0.25) is 0 Å². The van der Waals surface area contributed by atoms with Crippen molar-refractivity contribution in [2.75, 3.05) is 18.5 Å². The number of benzene rings is 1. The third-order valence-corrected chi connectivity index (χ3v) is 9.26. The number of carbonyl (C=O) groups is 2. The van der Waals surface area contributed by atoms with Crippen molar-refractivity contribution >= 4 is 17.7 Å². The molecule has 7 heteroatoms. The number of fused-ring (bicyclic) bond motifs is 3. The molecule has 4 fully saturated rings. The second-order valence-corrected chi connectivity index (χ2v) is 12.0. The lowest BCUT2D eigenvalue weighted by molar-refractivity contribution is -0.344. The zero-order valence-electron chi connectivity index (χ0n) is 22.4. The fourth-order valence-electron chi connectivity index (χ4n) is 7.31. The van der Waals surface area contributed by atoms with Gasteiger partial charge in [0.25, 0.3) is 0 Å². The van der Waals surface area contributed by atoms with Crippen LogP contribution < -0.4 is 5.32 Å². The normalized spacial score (nSPS) is 37.9. The van der Waals surface area contributed by atoms with Crippen LogP contribution in [0.25, 0.3) is 0 Å². The first-order chi connectivity index (χ1) is 17.5. The summed E-state index contributed by atoms with van der Waals surface area (Å²) in [6.45, 7) is 13.9. The van der Waals surface area contributed by atoms with Crippen molar-refractivity contribution < 1.29 is 28.5 Å². The van der Waals surface area contributed by atoms with Gasteiger partial charge in [-0.05, 0) is 75.3 Å². The Hall–Kier alpha value is -2.64. The molecule has 1 aromatic rings. The van der Waals surface area contributed by atoms with Gasteiger partial charge in [0.1, 0.15) is 6.61 Å². The third-order valence-electron chi connectivity index (χ3n) is 9.26. The average molecular weight is 510 g/mol. The van der Waals surface area contributed by atoms with E-state index in [1.54, 1.807) is 12.1 Å². The van der Waals surface area contributed by atoms with Gasteiger partial charge < -0.3 is 18.9 Å². The number of ether oxygens (including phenoxy) is 4. The molecule has 0 spiro atoms. The number of hydrogen-bond donors (Lipinski definition) is 1. The molecule has 0 radical (unpaired) electrons. The van der Waals surface area contributed by atoms with Gasteiger partial charge in [-0.2, -0.15) is 0 Å². The van der Waals surface area contributed by atoms with Crippen molar-refractivity contribution in [3.05, 3.63) is 54.1 Å². The number of para-hydroxylation sites is 1. The summed E-state index contributed by atoms with van der Waals surface area (Å²) in [6, 6.07) is 9.08. The van der Waals surface area contributed by atoms with Crippen LogP contribution in [0.4, 0.5) is 10.5 Å². The minimum Gasteiger partial charge on any atom is -0.458 e. The molecular weight excluding hydrogens is 470 g/mol. The summed E-state index contributed by atoms with van der Waals surface area (Å²) in [5.74, 6) is -0.348. The van der Waals surface area contributed by atoms with E-state index >= 15 is 0 Å². The number of nitrogens with one attached hydrogen (secondary N) is 1. The molecule has 1 N–H and O–H groups in total. The van der Waals surface area contributed by atoms with Crippen LogP contribution in [0.3, 0.4) is 0 Å². The quantitative estimate of drug-likeness (QED) is 0.304. The van der Waals surface area contributed by atoms with Gasteiger partial charge in [-0.25, -0.2) is 9.59 Å². The zero-order chi connectivity index (χ0) is 26.4. The minimum atomic E-state index is -0.729. The Kier molecular flexibility index (Phi) is 6.73. The van der Waals surface area contributed by atoms with Crippen LogP contribution >= 0.6 is 0 Å². The van der Waals surface area contributed by atoms with Gasteiger partial charge in [0.15, 0.2) is 11.9 Å². The monoisotopic (exact) mass is 509 g/mol. The first kappa shape index (κ1) is 26.0. The maximum Gasteiger partial charge on any atom is 0.412 e. The van der Waals surface area contributed by atoms with Crippen molar-refractivity contribution in [1.29, 1.82) is 0 Å². The number of allylic oxidation sites excluding steroid dienone is 2. The summed E-state index contributed by atoms with van der Waals surface area (Å²) in [4.78, 5) is 25.1. The van der Waals surface area contributed by atoms with Crippen LogP contribution in [-0.4, -0.2) is 43.3 Å². The second kappa shape index (κ2) is 9.59. The molecule has 2 heterocycles. The summed E-state index contributed by atoms with van der Waals surface area (Å²) < 4.78 is 23.4. The van der Waals surface area contributed by atoms with Crippen molar-refractivity contribution in [3.8, 4) is 0 Å². The van der Waals surface area contributed by atoms with E-state index in [2.05, 4.69) is 25.7 Å². The predicted molar refractivity (Wildman–Crippen MR) is 140 cm³/mol. The standard InChI is InChI=1S/C30H39NO6/c1-19-11-14-24-29(4,16-15-25-30(24,5)18-35-28(2,3)37-25)22(19)13-12-21-23(17-34-26(21)32)36-27(33)31-20-9-7-6-8-10-20/h6-10,12,22-25H,1,11,13-18H2,2-5H3,(H,31,33)/b21-12+/t22-,23-,24+,25-,29+,30+/m1/s1. The SMILES string of the molecule is C=C1CC[C@@H]2[C@]3(C)COC(C)(C)O[C@@H]3CC[C@@]2(C)[C@@H]1C/C=C1/C(=O)OC[C@H]1OC(=O)Nc1ccccc1. The first-order valence-electron chi connectivity index (χ1n) is 13.4. The third kappa shape index (κ3) is 4.84. The highest BCUT2D eigenvalue weighted by molar-refractivity contribution is 5.93. The van der Waals surface area contributed by atoms with Crippen LogP contribution in [0.1, 0.15) is 59.8 Å². The molecule has 2 aliphatic heterocycles. The summed E-state index contributed by atoms with van der Waals surface area (Å²) in [7, 11) is 0. The van der Waals surface area contributed by atoms with E-state index in [9.17, 15) is 9.59 Å². The van der Waals surface area contributed by atoms with E-state index in [0.717, 1.165) is 25.7 Å². The number of cyclic esters (lactones) is 1. The van der Waals surface area contributed by atoms with Gasteiger partial charge >= 0.3 is 12.1 Å². The second-order valence-electron chi connectivity index (χ2n) is 12.0. The largest absolute Gasteiger partial charge is 0.458 e. The molecular formula is C30H39NO6. The van der Waals surface area contributed by atoms with Gasteiger partial charge in [0.05, 0.1) is 18.3 Å². The van der Waals surface area contributed by atoms with Gasteiger partial charge in [0.2, 0.25) is 0 Å². The molecule has 200 valence electrons. The molecule has 1 aromatic carbocycles. The maximum absolute atomic E-state index is 12.6. The molecule has 37 heavy (non-hydrogen) atoms. The first-order valence-corrected chi connectivity index (χ1v) is 13.4. The number of rotatable bonds is 4. The predicted octanol–water partition coefficient (Wildman–Crippen LogP) is 6.02. The Morgan fingerprint density at radius 2 is 1.92 bits per heavy atom. The summed E-state index contributed by atoms with van der Waals surface area (Å²) >= 11 is 0. The molecule has 2 saturated carbocycles. The lowest BCUT2D eigenvalue weighted by atomic mass is 9.46. The highest BCUT2D eigenvalue weighted by atomic mass is 16.7. The zero-order valence-corrected chi connectivity index (χ0v) is 22.4. The molecule has 2 saturated heterocycles. The average Bonchev–Trinajstić information content (AvgIpc) is 3.18. The molecule has 0 unspecified atom stereocenters. The molecule has 0 aromatic heterocycles. The number of anilines is 1. The van der Waals surface area contributed by atoms with Crippen LogP contribution in [0, 0.1) is 22.7 Å². The number of carbonyl (C=O) groups excluding carboxylic acids is 2. The summed E-state index contributed by atoms with van der Waals surface area (Å²) in [6.07, 6.45) is 5.43. The lowest BCUT2D eigenvalue weighted by Gasteiger charge is -2.63. The number of amides is 1. The molecule has 6 atom stereocenters. The maximum atomic E-state index is 12.6. The molecule has 1 amide bonds. The van der Waals surface area contributed by atoms with E-state index in [1.165, 1.54) is 5.57 Å². The molecule has 2 aliphatic carbocycles. The number of esters is 1. The Balaban J connectivity index is 1.32. The lowest BCUT2D eigenvalue weighted by Crippen LogP contribution is -2.62. The fraction of sp³-hybridized carbons (Fsp3) is 0.600. The fourth-order valence-corrected chi connectivity index (χ4v) is 7.31. The van der Waals surface area contributed by atoms with Crippen molar-refractivity contribution in [2.45, 2.75) is 77.8 Å². The number of hydrogen-bond acceptors (Lipinski definition) is 6. The highest BCUT2D eigenvalue weighted by Crippen LogP contribution is 2.63. The van der Waals surface area contributed by atoms with Crippen molar-refractivity contribution in [3.63, 3.8) is 0 Å². The van der Waals surface area contributed by atoms with Crippen LogP contribution in [-0.2, 0) is 23.7 Å². The summed E-state index contributed by atoms with van der Waals surface area (Å²) in [5.41, 5.74) is 2.20. The van der Waals surface area contributed by atoms with E-state index in [0.29, 0.717) is 30.2 Å². The highest BCUT2D eigenvalue weighted by Gasteiger charge is 2.60. The Bertz CT molecular complexity index is 1100. The Morgan fingerprint density at radius 1 is 1.16 bits per heavy atom. The topological polar surface area (TPSA) is 83.1 Å². The Morgan fingerprint density at radius 3 is 2.68 bits per heavy atom. The van der Waals surface area contributed by atoms with E-state index in [4.69, 9.17) is 18.9 Å². The van der Waals surface area contributed by atoms with Crippen LogP contribution in [0.5, 0.6) is 0 Å². The molecule has 5 rings (SSSR count). The van der Waals surface area contributed by atoms with Gasteiger partial charge in [-0.15, -0.1) is 0 Å². The molecule has 4 aliphatic rings. The van der Waals surface area contributed by atoms with Crippen LogP contribution in [0.15, 0.2) is 54.1 Å². The van der Waals surface area contributed by atoms with E-state index < -0.39 is 24.0 Å². The summed E-state index contributed by atoms with van der Waals surface area (Å²) in [5, 5.41) is 2.70. The molecule has 7 nitrogen and oxygen atoms in total. The van der Waals surface area contributed by atoms with Crippen molar-refractivity contribution in [2.24, 2.45) is 22.7 Å².